The summed E-state index contributed by atoms with van der Waals surface area (Å²) in [5.74, 6) is 1.03. The SMILES string of the molecule is CC(SCc1ccc(CN)cc1)C(=O)c1ccccc1. The Hall–Kier alpha value is -1.58. The molecule has 0 spiro atoms. The van der Waals surface area contributed by atoms with Crippen LogP contribution in [0.2, 0.25) is 0 Å². The van der Waals surface area contributed by atoms with E-state index in [2.05, 4.69) is 12.1 Å². The van der Waals surface area contributed by atoms with Crippen LogP contribution in [0.3, 0.4) is 0 Å². The molecule has 0 fully saturated rings. The normalized spacial score (nSPS) is 12.1. The van der Waals surface area contributed by atoms with Crippen molar-refractivity contribution in [1.82, 2.24) is 0 Å². The van der Waals surface area contributed by atoms with Crippen LogP contribution in [0.1, 0.15) is 28.4 Å². The predicted octanol–water partition coefficient (Wildman–Crippen LogP) is 3.65. The van der Waals surface area contributed by atoms with Gasteiger partial charge in [0.2, 0.25) is 0 Å². The van der Waals surface area contributed by atoms with Crippen molar-refractivity contribution >= 4 is 17.5 Å². The van der Waals surface area contributed by atoms with Crippen LogP contribution < -0.4 is 5.73 Å². The number of Topliss-reactive ketones (excluding diaryl/α,β-unsaturated/α-hetero) is 1. The first-order chi connectivity index (χ1) is 9.70. The number of benzene rings is 2. The van der Waals surface area contributed by atoms with Gasteiger partial charge >= 0.3 is 0 Å². The van der Waals surface area contributed by atoms with Crippen LogP contribution in [0.5, 0.6) is 0 Å². The van der Waals surface area contributed by atoms with E-state index < -0.39 is 0 Å². The van der Waals surface area contributed by atoms with Gasteiger partial charge in [0, 0.05) is 17.9 Å². The van der Waals surface area contributed by atoms with Crippen LogP contribution in [-0.4, -0.2) is 11.0 Å². The van der Waals surface area contributed by atoms with Crippen LogP contribution in [0.15, 0.2) is 54.6 Å². The summed E-state index contributed by atoms with van der Waals surface area (Å²) in [6.45, 7) is 2.53. The van der Waals surface area contributed by atoms with Gasteiger partial charge in [0.15, 0.2) is 5.78 Å². The lowest BCUT2D eigenvalue weighted by Crippen LogP contribution is -2.13. The van der Waals surface area contributed by atoms with Crippen molar-refractivity contribution in [3.63, 3.8) is 0 Å². The first kappa shape index (κ1) is 14.8. The Morgan fingerprint density at radius 2 is 1.65 bits per heavy atom. The topological polar surface area (TPSA) is 43.1 Å². The molecule has 0 aliphatic heterocycles. The molecule has 0 saturated heterocycles. The molecule has 2 N–H and O–H groups in total. The van der Waals surface area contributed by atoms with E-state index in [1.54, 1.807) is 11.8 Å². The fourth-order valence-electron chi connectivity index (χ4n) is 1.91. The molecular weight excluding hydrogens is 266 g/mol. The van der Waals surface area contributed by atoms with E-state index >= 15 is 0 Å². The molecule has 0 aliphatic carbocycles. The Labute approximate surface area is 124 Å². The summed E-state index contributed by atoms with van der Waals surface area (Å²) >= 11 is 1.67. The van der Waals surface area contributed by atoms with Crippen LogP contribution in [0, 0.1) is 0 Å². The zero-order valence-corrected chi connectivity index (χ0v) is 12.4. The highest BCUT2D eigenvalue weighted by Gasteiger charge is 2.15. The van der Waals surface area contributed by atoms with Gasteiger partial charge in [0.05, 0.1) is 5.25 Å². The van der Waals surface area contributed by atoms with Gasteiger partial charge in [-0.15, -0.1) is 11.8 Å². The minimum Gasteiger partial charge on any atom is -0.326 e. The number of rotatable bonds is 6. The van der Waals surface area contributed by atoms with Crippen LogP contribution in [0.4, 0.5) is 0 Å². The van der Waals surface area contributed by atoms with Gasteiger partial charge in [-0.05, 0) is 18.1 Å². The molecule has 2 aromatic rings. The maximum Gasteiger partial charge on any atom is 0.175 e. The lowest BCUT2D eigenvalue weighted by atomic mass is 10.1. The average molecular weight is 285 g/mol. The molecule has 0 aromatic heterocycles. The molecule has 1 atom stereocenters. The summed E-state index contributed by atoms with van der Waals surface area (Å²) in [6, 6.07) is 17.7. The largest absolute Gasteiger partial charge is 0.326 e. The van der Waals surface area contributed by atoms with Crippen molar-refractivity contribution in [2.45, 2.75) is 24.5 Å². The molecule has 0 aliphatic rings. The molecule has 2 rings (SSSR count). The summed E-state index contributed by atoms with van der Waals surface area (Å²) in [4.78, 5) is 12.2. The Kier molecular flexibility index (Phi) is 5.39. The maximum absolute atomic E-state index is 12.2. The second-order valence-electron chi connectivity index (χ2n) is 4.70. The van der Waals surface area contributed by atoms with Gasteiger partial charge < -0.3 is 5.73 Å². The number of carbonyl (C=O) groups is 1. The highest BCUT2D eigenvalue weighted by atomic mass is 32.2. The fourth-order valence-corrected chi connectivity index (χ4v) is 2.83. The number of thioether (sulfide) groups is 1. The molecule has 104 valence electrons. The van der Waals surface area contributed by atoms with E-state index in [-0.39, 0.29) is 11.0 Å². The van der Waals surface area contributed by atoms with Gasteiger partial charge in [-0.25, -0.2) is 0 Å². The van der Waals surface area contributed by atoms with Crippen molar-refractivity contribution in [3.8, 4) is 0 Å². The highest BCUT2D eigenvalue weighted by Crippen LogP contribution is 2.21. The molecule has 0 heterocycles. The Morgan fingerprint density at radius 1 is 1.05 bits per heavy atom. The monoisotopic (exact) mass is 285 g/mol. The minimum absolute atomic E-state index is 0.0356. The molecular formula is C17H19NOS. The molecule has 0 radical (unpaired) electrons. The van der Waals surface area contributed by atoms with Crippen molar-refractivity contribution in [2.75, 3.05) is 0 Å². The van der Waals surface area contributed by atoms with E-state index in [1.165, 1.54) is 5.56 Å². The molecule has 1 unspecified atom stereocenters. The minimum atomic E-state index is -0.0356. The molecule has 0 bridgehead atoms. The van der Waals surface area contributed by atoms with Gasteiger partial charge in [-0.2, -0.15) is 0 Å². The highest BCUT2D eigenvalue weighted by molar-refractivity contribution is 7.99. The van der Waals surface area contributed by atoms with Crippen molar-refractivity contribution in [3.05, 3.63) is 71.3 Å². The Balaban J connectivity index is 1.91. The third kappa shape index (κ3) is 3.95. The quantitative estimate of drug-likeness (QED) is 0.824. The van der Waals surface area contributed by atoms with E-state index in [4.69, 9.17) is 5.73 Å². The van der Waals surface area contributed by atoms with E-state index in [1.807, 2.05) is 49.4 Å². The van der Waals surface area contributed by atoms with Gasteiger partial charge in [-0.3, -0.25) is 4.79 Å². The number of hydrogen-bond donors (Lipinski definition) is 1. The zero-order chi connectivity index (χ0) is 14.4. The molecule has 20 heavy (non-hydrogen) atoms. The standard InChI is InChI=1S/C17H19NOS/c1-13(17(19)16-5-3-2-4-6-16)20-12-15-9-7-14(11-18)8-10-15/h2-10,13H,11-12,18H2,1H3. The summed E-state index contributed by atoms with van der Waals surface area (Å²) in [5, 5.41) is -0.0356. The van der Waals surface area contributed by atoms with E-state index in [0.717, 1.165) is 16.9 Å². The zero-order valence-electron chi connectivity index (χ0n) is 11.6. The van der Waals surface area contributed by atoms with Gasteiger partial charge in [-0.1, -0.05) is 54.6 Å². The van der Waals surface area contributed by atoms with Crippen LogP contribution in [-0.2, 0) is 12.3 Å². The Morgan fingerprint density at radius 3 is 2.25 bits per heavy atom. The maximum atomic E-state index is 12.2. The number of carbonyl (C=O) groups excluding carboxylic acids is 1. The second-order valence-corrected chi connectivity index (χ2v) is 6.03. The average Bonchev–Trinajstić information content (AvgIpc) is 2.53. The molecule has 2 aromatic carbocycles. The molecule has 0 amide bonds. The fraction of sp³-hybridized carbons (Fsp3) is 0.235. The molecule has 3 heteroatoms. The molecule has 0 saturated carbocycles. The van der Waals surface area contributed by atoms with Gasteiger partial charge in [0.25, 0.3) is 0 Å². The lowest BCUT2D eigenvalue weighted by molar-refractivity contribution is 0.0994. The third-order valence-corrected chi connectivity index (χ3v) is 4.40. The van der Waals surface area contributed by atoms with Crippen molar-refractivity contribution in [1.29, 1.82) is 0 Å². The summed E-state index contributed by atoms with van der Waals surface area (Å²) < 4.78 is 0. The summed E-state index contributed by atoms with van der Waals surface area (Å²) in [7, 11) is 0. The number of nitrogens with two attached hydrogens (primary N) is 1. The lowest BCUT2D eigenvalue weighted by Gasteiger charge is -2.10. The van der Waals surface area contributed by atoms with Crippen LogP contribution in [0.25, 0.3) is 0 Å². The Bertz CT molecular complexity index is 551. The first-order valence-corrected chi connectivity index (χ1v) is 7.74. The number of hydrogen-bond acceptors (Lipinski definition) is 3. The summed E-state index contributed by atoms with van der Waals surface area (Å²) in [6.07, 6.45) is 0. The van der Waals surface area contributed by atoms with E-state index in [0.29, 0.717) is 6.54 Å². The number of ketones is 1. The van der Waals surface area contributed by atoms with Crippen molar-refractivity contribution < 1.29 is 4.79 Å². The smallest absolute Gasteiger partial charge is 0.175 e. The van der Waals surface area contributed by atoms with Gasteiger partial charge in [0.1, 0.15) is 0 Å². The molecule has 2 nitrogen and oxygen atoms in total. The van der Waals surface area contributed by atoms with Crippen LogP contribution >= 0.6 is 11.8 Å². The van der Waals surface area contributed by atoms with Crippen molar-refractivity contribution in [2.24, 2.45) is 5.73 Å². The predicted molar refractivity (Wildman–Crippen MR) is 85.9 cm³/mol. The summed E-state index contributed by atoms with van der Waals surface area (Å²) in [5.41, 5.74) is 8.71. The van der Waals surface area contributed by atoms with E-state index in [9.17, 15) is 4.79 Å². The third-order valence-electron chi connectivity index (χ3n) is 3.19. The first-order valence-electron chi connectivity index (χ1n) is 6.69. The second kappa shape index (κ2) is 7.27.